The molecule has 0 aromatic carbocycles. The summed E-state index contributed by atoms with van der Waals surface area (Å²) in [6, 6.07) is 0. The van der Waals surface area contributed by atoms with Crippen molar-refractivity contribution in [2.75, 3.05) is 19.1 Å². The lowest BCUT2D eigenvalue weighted by Crippen LogP contribution is -2.18. The van der Waals surface area contributed by atoms with Gasteiger partial charge in [-0.05, 0) is 12.0 Å². The molecule has 0 spiro atoms. The van der Waals surface area contributed by atoms with Crippen molar-refractivity contribution in [3.05, 3.63) is 0 Å². The van der Waals surface area contributed by atoms with Crippen molar-refractivity contribution in [1.29, 1.82) is 0 Å². The molecule has 0 atom stereocenters. The Morgan fingerprint density at radius 1 is 1.73 bits per heavy atom. The minimum atomic E-state index is -0.443. The van der Waals surface area contributed by atoms with Gasteiger partial charge in [0.05, 0.1) is 7.11 Å². The summed E-state index contributed by atoms with van der Waals surface area (Å²) in [6.45, 7) is 0. The monoisotopic (exact) mass is 176 g/mol. The summed E-state index contributed by atoms with van der Waals surface area (Å²) < 4.78 is 4.44. The van der Waals surface area contributed by atoms with Crippen LogP contribution in [0.1, 0.15) is 6.42 Å². The number of rotatable bonds is 4. The van der Waals surface area contributed by atoms with Gasteiger partial charge in [-0.2, -0.15) is 16.9 Å². The summed E-state index contributed by atoms with van der Waals surface area (Å²) in [5, 5.41) is 3.33. The lowest BCUT2D eigenvalue weighted by Gasteiger charge is -2.00. The second-order valence-corrected chi connectivity index (χ2v) is 2.80. The molecule has 0 bridgehead atoms. The molecule has 11 heavy (non-hydrogen) atoms. The van der Waals surface area contributed by atoms with E-state index in [1.54, 1.807) is 11.8 Å². The molecule has 2 N–H and O–H groups in total. The van der Waals surface area contributed by atoms with Gasteiger partial charge in [0, 0.05) is 6.42 Å². The molecule has 5 heteroatoms. The number of esters is 1. The van der Waals surface area contributed by atoms with Gasteiger partial charge in [0.15, 0.2) is 0 Å². The van der Waals surface area contributed by atoms with E-state index in [1.807, 2.05) is 6.26 Å². The third-order valence-electron chi connectivity index (χ3n) is 1.12. The van der Waals surface area contributed by atoms with Crippen molar-refractivity contribution < 1.29 is 9.53 Å². The van der Waals surface area contributed by atoms with Crippen LogP contribution in [0.4, 0.5) is 0 Å². The van der Waals surface area contributed by atoms with E-state index in [0.717, 1.165) is 5.75 Å². The Labute approximate surface area is 70.2 Å². The van der Waals surface area contributed by atoms with Gasteiger partial charge in [-0.3, -0.25) is 0 Å². The van der Waals surface area contributed by atoms with Gasteiger partial charge in [0.2, 0.25) is 0 Å². The number of hydrogen-bond donors (Lipinski definition) is 1. The molecule has 0 aliphatic rings. The van der Waals surface area contributed by atoms with E-state index >= 15 is 0 Å². The second kappa shape index (κ2) is 6.03. The van der Waals surface area contributed by atoms with Crippen LogP contribution in [0.25, 0.3) is 0 Å². The van der Waals surface area contributed by atoms with E-state index in [-0.39, 0.29) is 0 Å². The van der Waals surface area contributed by atoms with E-state index in [9.17, 15) is 4.79 Å². The number of carbonyl (C=O) groups excluding carboxylic acids is 1. The van der Waals surface area contributed by atoms with Gasteiger partial charge >= 0.3 is 5.97 Å². The minimum absolute atomic E-state index is 0.293. The van der Waals surface area contributed by atoms with Crippen LogP contribution >= 0.6 is 11.8 Å². The Balaban J connectivity index is 3.87. The van der Waals surface area contributed by atoms with Crippen LogP contribution in [0, 0.1) is 0 Å². The molecule has 0 radical (unpaired) electrons. The van der Waals surface area contributed by atoms with Gasteiger partial charge in [0.25, 0.3) is 0 Å². The fourth-order valence-electron chi connectivity index (χ4n) is 0.536. The van der Waals surface area contributed by atoms with Gasteiger partial charge in [0.1, 0.15) is 5.71 Å². The molecule has 0 unspecified atom stereocenters. The standard InChI is InChI=1S/C6H12N2O2S/c1-10-6(9)5(8-7)3-4-11-2/h3-4,7H2,1-2H3/b8-5+. The number of carbonyl (C=O) groups is 1. The zero-order valence-corrected chi connectivity index (χ0v) is 7.48. The average molecular weight is 176 g/mol. The fraction of sp³-hybridized carbons (Fsp3) is 0.667. The van der Waals surface area contributed by atoms with Crippen LogP contribution in [0.15, 0.2) is 5.10 Å². The topological polar surface area (TPSA) is 64.7 Å². The number of thioether (sulfide) groups is 1. The molecule has 0 aliphatic heterocycles. The van der Waals surface area contributed by atoms with Gasteiger partial charge in [-0.15, -0.1) is 0 Å². The van der Waals surface area contributed by atoms with E-state index in [4.69, 9.17) is 5.84 Å². The Morgan fingerprint density at radius 2 is 2.36 bits per heavy atom. The van der Waals surface area contributed by atoms with Crippen molar-refractivity contribution in [2.45, 2.75) is 6.42 Å². The molecule has 0 saturated carbocycles. The van der Waals surface area contributed by atoms with Gasteiger partial charge in [-0.25, -0.2) is 4.79 Å². The first-order valence-electron chi connectivity index (χ1n) is 3.10. The number of methoxy groups -OCH3 is 1. The molecule has 0 fully saturated rings. The molecule has 0 aromatic heterocycles. The fourth-order valence-corrected chi connectivity index (χ4v) is 0.933. The molecule has 4 nitrogen and oxygen atoms in total. The highest BCUT2D eigenvalue weighted by Gasteiger charge is 2.09. The molecule has 0 rings (SSSR count). The number of hydrazone groups is 1. The van der Waals surface area contributed by atoms with Crippen LogP contribution in [0.2, 0.25) is 0 Å². The summed E-state index contributed by atoms with van der Waals surface area (Å²) in [5.74, 6) is 5.35. The quantitative estimate of drug-likeness (QED) is 0.288. The third kappa shape index (κ3) is 3.87. The average Bonchev–Trinajstić information content (AvgIpc) is 2.05. The first-order chi connectivity index (χ1) is 5.26. The van der Waals surface area contributed by atoms with Crippen LogP contribution in [-0.4, -0.2) is 30.8 Å². The van der Waals surface area contributed by atoms with Crippen molar-refractivity contribution in [3.63, 3.8) is 0 Å². The van der Waals surface area contributed by atoms with Crippen LogP contribution < -0.4 is 5.84 Å². The Kier molecular flexibility index (Phi) is 5.64. The number of ether oxygens (including phenoxy) is 1. The lowest BCUT2D eigenvalue weighted by molar-refractivity contribution is -0.132. The minimum Gasteiger partial charge on any atom is -0.464 e. The molecule has 0 aliphatic carbocycles. The number of nitrogens with two attached hydrogens (primary N) is 1. The summed E-state index contributed by atoms with van der Waals surface area (Å²) in [5.41, 5.74) is 0.293. The molecule has 0 heterocycles. The van der Waals surface area contributed by atoms with E-state index in [2.05, 4.69) is 9.84 Å². The first-order valence-corrected chi connectivity index (χ1v) is 4.49. The summed E-state index contributed by atoms with van der Waals surface area (Å²) in [4.78, 5) is 10.8. The van der Waals surface area contributed by atoms with Crippen molar-refractivity contribution in [1.82, 2.24) is 0 Å². The van der Waals surface area contributed by atoms with E-state index in [1.165, 1.54) is 7.11 Å². The molecule has 0 aromatic rings. The highest BCUT2D eigenvalue weighted by atomic mass is 32.2. The van der Waals surface area contributed by atoms with Crippen molar-refractivity contribution >= 4 is 23.4 Å². The maximum atomic E-state index is 10.8. The zero-order valence-electron chi connectivity index (χ0n) is 6.66. The molecule has 0 saturated heterocycles. The third-order valence-corrected chi connectivity index (χ3v) is 1.73. The van der Waals surface area contributed by atoms with Gasteiger partial charge in [-0.1, -0.05) is 0 Å². The van der Waals surface area contributed by atoms with Crippen molar-refractivity contribution in [3.8, 4) is 0 Å². The summed E-state index contributed by atoms with van der Waals surface area (Å²) >= 11 is 1.63. The van der Waals surface area contributed by atoms with E-state index in [0.29, 0.717) is 12.1 Å². The summed E-state index contributed by atoms with van der Waals surface area (Å²) in [6.07, 6.45) is 2.51. The maximum absolute atomic E-state index is 10.8. The van der Waals surface area contributed by atoms with Crippen LogP contribution in [0.3, 0.4) is 0 Å². The molecular formula is C6H12N2O2S. The highest BCUT2D eigenvalue weighted by molar-refractivity contribution is 7.98. The Bertz CT molecular complexity index is 159. The smallest absolute Gasteiger partial charge is 0.354 e. The first kappa shape index (κ1) is 10.3. The largest absolute Gasteiger partial charge is 0.464 e. The number of hydrogen-bond acceptors (Lipinski definition) is 5. The maximum Gasteiger partial charge on any atom is 0.354 e. The van der Waals surface area contributed by atoms with Gasteiger partial charge < -0.3 is 10.6 Å². The predicted molar refractivity (Wildman–Crippen MR) is 46.6 cm³/mol. The Morgan fingerprint density at radius 3 is 2.73 bits per heavy atom. The highest BCUT2D eigenvalue weighted by Crippen LogP contribution is 1.98. The second-order valence-electron chi connectivity index (χ2n) is 1.81. The molecule has 64 valence electrons. The lowest BCUT2D eigenvalue weighted by atomic mass is 10.3. The van der Waals surface area contributed by atoms with Crippen LogP contribution in [0.5, 0.6) is 0 Å². The van der Waals surface area contributed by atoms with Crippen molar-refractivity contribution in [2.24, 2.45) is 10.9 Å². The SMILES string of the molecule is COC(=O)/C(CCSC)=N/N. The Hall–Kier alpha value is -0.710. The molecule has 0 amide bonds. The molecular weight excluding hydrogens is 164 g/mol. The predicted octanol–water partition coefficient (Wildman–Crippen LogP) is 0.227. The van der Waals surface area contributed by atoms with E-state index < -0.39 is 5.97 Å². The zero-order chi connectivity index (χ0) is 8.69. The number of nitrogens with zero attached hydrogens (tertiary/aromatic N) is 1. The summed E-state index contributed by atoms with van der Waals surface area (Å²) in [7, 11) is 1.31. The normalized spacial score (nSPS) is 11.3. The van der Waals surface area contributed by atoms with Crippen LogP contribution in [-0.2, 0) is 9.53 Å².